The van der Waals surface area contributed by atoms with Gasteiger partial charge in [-0.05, 0) is 51.3 Å². The summed E-state index contributed by atoms with van der Waals surface area (Å²) in [5.74, 6) is -1.84. The Hall–Kier alpha value is -2.41. The van der Waals surface area contributed by atoms with E-state index in [0.717, 1.165) is 18.4 Å². The summed E-state index contributed by atoms with van der Waals surface area (Å²) in [6.07, 6.45) is 2.18. The maximum atomic E-state index is 13.2. The normalized spacial score (nSPS) is 28.5. The summed E-state index contributed by atoms with van der Waals surface area (Å²) >= 11 is 0. The monoisotopic (exact) mass is 403 g/mol. The van der Waals surface area contributed by atoms with E-state index in [0.29, 0.717) is 12.0 Å². The summed E-state index contributed by atoms with van der Waals surface area (Å²) in [6.45, 7) is 5.49. The van der Waals surface area contributed by atoms with Crippen LogP contribution in [0.25, 0.3) is 0 Å². The van der Waals surface area contributed by atoms with Crippen molar-refractivity contribution in [1.82, 2.24) is 5.32 Å². The van der Waals surface area contributed by atoms with E-state index in [1.54, 1.807) is 24.3 Å². The van der Waals surface area contributed by atoms with E-state index >= 15 is 0 Å². The lowest BCUT2D eigenvalue weighted by molar-refractivity contribution is -0.162. The molecule has 1 saturated heterocycles. The largest absolute Gasteiger partial charge is 0.468 e. The summed E-state index contributed by atoms with van der Waals surface area (Å²) in [6, 6.07) is 6.48. The van der Waals surface area contributed by atoms with Crippen molar-refractivity contribution in [3.63, 3.8) is 0 Å². The highest BCUT2D eigenvalue weighted by atomic mass is 16.6. The van der Waals surface area contributed by atoms with Crippen LogP contribution in [0.4, 0.5) is 0 Å². The van der Waals surface area contributed by atoms with Gasteiger partial charge >= 0.3 is 17.9 Å². The van der Waals surface area contributed by atoms with Crippen molar-refractivity contribution < 1.29 is 28.6 Å². The minimum atomic E-state index is -0.901. The van der Waals surface area contributed by atoms with Gasteiger partial charge in [-0.1, -0.05) is 18.6 Å². The molecule has 1 aliphatic carbocycles. The number of benzene rings is 1. The lowest BCUT2D eigenvalue weighted by Crippen LogP contribution is -2.50. The van der Waals surface area contributed by atoms with Gasteiger partial charge in [-0.2, -0.15) is 0 Å². The Morgan fingerprint density at radius 1 is 1.07 bits per heavy atom. The number of carbonyl (C=O) groups is 3. The van der Waals surface area contributed by atoms with Crippen molar-refractivity contribution in [2.75, 3.05) is 14.2 Å². The van der Waals surface area contributed by atoms with Crippen LogP contribution in [-0.2, 0) is 23.8 Å². The van der Waals surface area contributed by atoms with E-state index in [4.69, 9.17) is 14.2 Å². The molecule has 0 unspecified atom stereocenters. The number of rotatable bonds is 4. The zero-order chi connectivity index (χ0) is 21.4. The molecule has 1 saturated carbocycles. The molecule has 2 aliphatic rings. The SMILES string of the molecule is COC(=O)c1ccc([C@H]2N[C@@]3(C(=O)OC)CCC[C@H]3[C@@H]2C(=O)OC(C)(C)C)cc1. The zero-order valence-electron chi connectivity index (χ0n) is 17.6. The lowest BCUT2D eigenvalue weighted by Gasteiger charge is -2.28. The maximum absolute atomic E-state index is 13.2. The van der Waals surface area contributed by atoms with Gasteiger partial charge in [0.1, 0.15) is 11.1 Å². The van der Waals surface area contributed by atoms with Gasteiger partial charge in [0.2, 0.25) is 0 Å². The van der Waals surface area contributed by atoms with E-state index in [-0.39, 0.29) is 17.9 Å². The fourth-order valence-corrected chi connectivity index (χ4v) is 4.70. The Morgan fingerprint density at radius 3 is 2.28 bits per heavy atom. The van der Waals surface area contributed by atoms with E-state index in [1.807, 2.05) is 20.8 Å². The molecule has 7 nitrogen and oxygen atoms in total. The second-order valence-electron chi connectivity index (χ2n) is 8.76. The summed E-state index contributed by atoms with van der Waals surface area (Å²) in [5, 5.41) is 3.42. The molecule has 0 bridgehead atoms. The van der Waals surface area contributed by atoms with Gasteiger partial charge in [0.15, 0.2) is 0 Å². The number of ether oxygens (including phenoxy) is 3. The molecule has 1 aromatic carbocycles. The standard InChI is InChI=1S/C22H29NO6/c1-21(2,3)29-19(25)16-15-7-6-12-22(15,20(26)28-5)23-17(16)13-8-10-14(11-9-13)18(24)27-4/h8-11,15-17,23H,6-7,12H2,1-5H3/t15-,16-,17+,22-/m0/s1. The molecule has 158 valence electrons. The highest BCUT2D eigenvalue weighted by Gasteiger charge is 2.63. The first-order valence-corrected chi connectivity index (χ1v) is 9.90. The number of nitrogens with one attached hydrogen (secondary N) is 1. The number of methoxy groups -OCH3 is 2. The topological polar surface area (TPSA) is 90.9 Å². The van der Waals surface area contributed by atoms with Gasteiger partial charge in [-0.15, -0.1) is 0 Å². The second kappa shape index (κ2) is 7.78. The van der Waals surface area contributed by atoms with Gasteiger partial charge < -0.3 is 14.2 Å². The predicted octanol–water partition coefficient (Wildman–Crippen LogP) is 2.79. The van der Waals surface area contributed by atoms with Gasteiger partial charge in [-0.25, -0.2) is 4.79 Å². The molecular formula is C22H29NO6. The molecule has 1 aromatic rings. The molecule has 4 atom stereocenters. The first kappa shape index (κ1) is 21.3. The van der Waals surface area contributed by atoms with Crippen molar-refractivity contribution in [1.29, 1.82) is 0 Å². The summed E-state index contributed by atoms with van der Waals surface area (Å²) < 4.78 is 15.6. The molecule has 0 radical (unpaired) electrons. The third-order valence-corrected chi connectivity index (χ3v) is 5.84. The van der Waals surface area contributed by atoms with Crippen molar-refractivity contribution in [2.24, 2.45) is 11.8 Å². The predicted molar refractivity (Wildman–Crippen MR) is 105 cm³/mol. The summed E-state index contributed by atoms with van der Waals surface area (Å²) in [5.41, 5.74) is -0.301. The highest BCUT2D eigenvalue weighted by molar-refractivity contribution is 5.89. The molecule has 0 aromatic heterocycles. The molecule has 7 heteroatoms. The highest BCUT2D eigenvalue weighted by Crippen LogP contribution is 2.52. The van der Waals surface area contributed by atoms with E-state index < -0.39 is 29.1 Å². The Kier molecular flexibility index (Phi) is 5.72. The van der Waals surface area contributed by atoms with Crippen LogP contribution in [-0.4, -0.2) is 43.3 Å². The van der Waals surface area contributed by atoms with Crippen LogP contribution < -0.4 is 5.32 Å². The smallest absolute Gasteiger partial charge is 0.337 e. The van der Waals surface area contributed by atoms with Gasteiger partial charge in [-0.3, -0.25) is 14.9 Å². The third kappa shape index (κ3) is 3.88. The molecule has 29 heavy (non-hydrogen) atoms. The Bertz CT molecular complexity index is 797. The molecule has 1 heterocycles. The minimum absolute atomic E-state index is 0.213. The number of esters is 3. The Balaban J connectivity index is 2.00. The van der Waals surface area contributed by atoms with Crippen molar-refractivity contribution >= 4 is 17.9 Å². The first-order valence-electron chi connectivity index (χ1n) is 9.90. The summed E-state index contributed by atoms with van der Waals surface area (Å²) in [7, 11) is 2.70. The Morgan fingerprint density at radius 2 is 1.72 bits per heavy atom. The van der Waals surface area contributed by atoms with E-state index in [9.17, 15) is 14.4 Å². The number of hydrogen-bond acceptors (Lipinski definition) is 7. The lowest BCUT2D eigenvalue weighted by atomic mass is 9.80. The quantitative estimate of drug-likeness (QED) is 0.611. The van der Waals surface area contributed by atoms with Crippen LogP contribution in [0.15, 0.2) is 24.3 Å². The van der Waals surface area contributed by atoms with Crippen LogP contribution in [0.1, 0.15) is 62.0 Å². The zero-order valence-corrected chi connectivity index (χ0v) is 17.6. The molecule has 2 fully saturated rings. The number of hydrogen-bond donors (Lipinski definition) is 1. The number of carbonyl (C=O) groups excluding carboxylic acids is 3. The van der Waals surface area contributed by atoms with E-state index in [2.05, 4.69) is 5.32 Å². The van der Waals surface area contributed by atoms with Crippen LogP contribution in [0, 0.1) is 11.8 Å². The van der Waals surface area contributed by atoms with Crippen molar-refractivity contribution in [3.05, 3.63) is 35.4 Å². The molecule has 1 N–H and O–H groups in total. The molecular weight excluding hydrogens is 374 g/mol. The van der Waals surface area contributed by atoms with Crippen LogP contribution in [0.2, 0.25) is 0 Å². The molecule has 1 aliphatic heterocycles. The molecule has 3 rings (SSSR count). The summed E-state index contributed by atoms with van der Waals surface area (Å²) in [4.78, 5) is 37.6. The fraction of sp³-hybridized carbons (Fsp3) is 0.591. The maximum Gasteiger partial charge on any atom is 0.337 e. The fourth-order valence-electron chi connectivity index (χ4n) is 4.70. The number of fused-ring (bicyclic) bond motifs is 1. The molecule has 0 amide bonds. The Labute approximate surface area is 171 Å². The minimum Gasteiger partial charge on any atom is -0.468 e. The van der Waals surface area contributed by atoms with Gasteiger partial charge in [0.05, 0.1) is 25.7 Å². The van der Waals surface area contributed by atoms with Gasteiger partial charge in [0.25, 0.3) is 0 Å². The van der Waals surface area contributed by atoms with Crippen LogP contribution in [0.5, 0.6) is 0 Å². The van der Waals surface area contributed by atoms with Crippen molar-refractivity contribution in [2.45, 2.75) is 57.2 Å². The third-order valence-electron chi connectivity index (χ3n) is 5.84. The van der Waals surface area contributed by atoms with Gasteiger partial charge in [0, 0.05) is 12.0 Å². The van der Waals surface area contributed by atoms with Crippen LogP contribution >= 0.6 is 0 Å². The van der Waals surface area contributed by atoms with Crippen LogP contribution in [0.3, 0.4) is 0 Å². The molecule has 0 spiro atoms. The first-order chi connectivity index (χ1) is 13.6. The average molecular weight is 403 g/mol. The second-order valence-corrected chi connectivity index (χ2v) is 8.76. The van der Waals surface area contributed by atoms with Crippen molar-refractivity contribution in [3.8, 4) is 0 Å². The van der Waals surface area contributed by atoms with E-state index in [1.165, 1.54) is 14.2 Å². The average Bonchev–Trinajstić information content (AvgIpc) is 3.22.